The van der Waals surface area contributed by atoms with Crippen LogP contribution in [0.1, 0.15) is 37.3 Å². The molecule has 7 heteroatoms. The van der Waals surface area contributed by atoms with Crippen molar-refractivity contribution in [1.82, 2.24) is 10.6 Å². The van der Waals surface area contributed by atoms with Gasteiger partial charge < -0.3 is 20.5 Å². The molecule has 2 rings (SSSR count). The third-order valence-electron chi connectivity index (χ3n) is 6.15. The number of esters is 1. The molecule has 7 nitrogen and oxygen atoms in total. The molecule has 2 aromatic carbocycles. The quantitative estimate of drug-likeness (QED) is 0.218. The summed E-state index contributed by atoms with van der Waals surface area (Å²) in [5, 5.41) is 15.3. The number of carbonyl (C=O) groups excluding carboxylic acids is 3. The average molecular weight is 521 g/mol. The molecule has 4 atom stereocenters. The minimum absolute atomic E-state index is 0.0458. The van der Waals surface area contributed by atoms with Crippen LogP contribution >= 0.6 is 0 Å². The van der Waals surface area contributed by atoms with Crippen LogP contribution in [0.5, 0.6) is 0 Å². The van der Waals surface area contributed by atoms with Gasteiger partial charge in [-0.1, -0.05) is 72.8 Å². The molecule has 3 N–H and O–H groups in total. The minimum atomic E-state index is -0.627. The Morgan fingerprint density at radius 3 is 2.00 bits per heavy atom. The monoisotopic (exact) mass is 520 g/mol. The highest BCUT2D eigenvalue weighted by molar-refractivity contribution is 5.86. The fourth-order valence-electron chi connectivity index (χ4n) is 4.14. The Labute approximate surface area is 226 Å². The molecule has 0 heterocycles. The van der Waals surface area contributed by atoms with Crippen LogP contribution in [0, 0.1) is 11.8 Å². The largest absolute Gasteiger partial charge is 0.461 e. The minimum Gasteiger partial charge on any atom is -0.461 e. The predicted octanol–water partition coefficient (Wildman–Crippen LogP) is 3.77. The number of allylic oxidation sites excluding steroid dienone is 2. The first-order valence-electron chi connectivity index (χ1n) is 13.0. The van der Waals surface area contributed by atoms with Gasteiger partial charge in [-0.25, -0.2) is 0 Å². The van der Waals surface area contributed by atoms with Gasteiger partial charge in [0.05, 0.1) is 31.0 Å². The van der Waals surface area contributed by atoms with Crippen LogP contribution < -0.4 is 10.6 Å². The van der Waals surface area contributed by atoms with Crippen LogP contribution in [-0.2, 0) is 32.0 Å². The Hall–Kier alpha value is -3.71. The number of amides is 2. The zero-order chi connectivity index (χ0) is 27.8. The zero-order valence-corrected chi connectivity index (χ0v) is 22.2. The summed E-state index contributed by atoms with van der Waals surface area (Å²) in [5.41, 5.74) is 2.03. The molecule has 0 aliphatic carbocycles. The molecule has 0 saturated carbocycles. The standard InChI is InChI=1S/C31H40N2O5/c1-4-12-26(20-29(35)33-28(22-34)19-25-16-10-7-11-17-25)30(36)32-21-23(3)38-31(37)27(13-5-2)18-24-14-8-6-9-15-24/h4-11,14-17,23,26-28,34H,1-2,12-13,18-22H2,3H3,(H,32,36)(H,33,35)/t23-,26+,27-,28-/m0/s1. The number of carbonyl (C=O) groups is 3. The highest BCUT2D eigenvalue weighted by atomic mass is 16.5. The van der Waals surface area contributed by atoms with Crippen LogP contribution in [-0.4, -0.2) is 48.2 Å². The van der Waals surface area contributed by atoms with E-state index in [-0.39, 0.29) is 43.3 Å². The van der Waals surface area contributed by atoms with E-state index >= 15 is 0 Å². The van der Waals surface area contributed by atoms with E-state index in [1.54, 1.807) is 19.1 Å². The van der Waals surface area contributed by atoms with Gasteiger partial charge in [0.15, 0.2) is 0 Å². The number of rotatable bonds is 17. The van der Waals surface area contributed by atoms with Gasteiger partial charge in [0, 0.05) is 6.42 Å². The summed E-state index contributed by atoms with van der Waals surface area (Å²) in [4.78, 5) is 38.3. The van der Waals surface area contributed by atoms with E-state index in [4.69, 9.17) is 4.74 Å². The van der Waals surface area contributed by atoms with Crippen molar-refractivity contribution in [2.24, 2.45) is 11.8 Å². The number of aliphatic hydroxyl groups excluding tert-OH is 1. The smallest absolute Gasteiger partial charge is 0.309 e. The molecule has 0 saturated heterocycles. The summed E-state index contributed by atoms with van der Waals surface area (Å²) >= 11 is 0. The summed E-state index contributed by atoms with van der Waals surface area (Å²) in [6, 6.07) is 18.8. The molecule has 0 aromatic heterocycles. The Bertz CT molecular complexity index is 1030. The van der Waals surface area contributed by atoms with Gasteiger partial charge in [-0.3, -0.25) is 14.4 Å². The summed E-state index contributed by atoms with van der Waals surface area (Å²) in [7, 11) is 0. The molecule has 0 unspecified atom stereocenters. The molecular weight excluding hydrogens is 480 g/mol. The molecule has 0 radical (unpaired) electrons. The van der Waals surface area contributed by atoms with Crippen LogP contribution in [0.3, 0.4) is 0 Å². The van der Waals surface area contributed by atoms with E-state index < -0.39 is 18.1 Å². The summed E-state index contributed by atoms with van der Waals surface area (Å²) in [5.74, 6) is -1.97. The molecule has 0 bridgehead atoms. The van der Waals surface area contributed by atoms with Crippen molar-refractivity contribution in [3.8, 4) is 0 Å². The van der Waals surface area contributed by atoms with Crippen molar-refractivity contribution >= 4 is 17.8 Å². The van der Waals surface area contributed by atoms with E-state index in [0.29, 0.717) is 25.7 Å². The van der Waals surface area contributed by atoms with E-state index in [0.717, 1.165) is 11.1 Å². The Balaban J connectivity index is 1.85. The number of hydrogen-bond acceptors (Lipinski definition) is 5. The van der Waals surface area contributed by atoms with Crippen molar-refractivity contribution in [1.29, 1.82) is 0 Å². The van der Waals surface area contributed by atoms with Gasteiger partial charge in [-0.2, -0.15) is 0 Å². The lowest BCUT2D eigenvalue weighted by Gasteiger charge is -2.21. The van der Waals surface area contributed by atoms with Crippen LogP contribution in [0.4, 0.5) is 0 Å². The summed E-state index contributed by atoms with van der Waals surface area (Å²) in [6.07, 6.45) is 4.54. The van der Waals surface area contributed by atoms with Gasteiger partial charge >= 0.3 is 5.97 Å². The lowest BCUT2D eigenvalue weighted by molar-refractivity contribution is -0.153. The second-order valence-corrected chi connectivity index (χ2v) is 9.47. The van der Waals surface area contributed by atoms with E-state index in [9.17, 15) is 19.5 Å². The topological polar surface area (TPSA) is 105 Å². The Kier molecular flexibility index (Phi) is 13.6. The normalized spacial score (nSPS) is 13.8. The number of benzene rings is 2. The van der Waals surface area contributed by atoms with Crippen molar-refractivity contribution in [2.45, 2.75) is 51.2 Å². The molecule has 0 spiro atoms. The van der Waals surface area contributed by atoms with Crippen molar-refractivity contribution in [2.75, 3.05) is 13.2 Å². The third kappa shape index (κ3) is 11.1. The number of nitrogens with one attached hydrogen (secondary N) is 2. The molecule has 204 valence electrons. The molecular formula is C31H40N2O5. The van der Waals surface area contributed by atoms with Gasteiger partial charge in [0.25, 0.3) is 0 Å². The second-order valence-electron chi connectivity index (χ2n) is 9.47. The van der Waals surface area contributed by atoms with Gasteiger partial charge in [0.2, 0.25) is 11.8 Å². The van der Waals surface area contributed by atoms with Gasteiger partial charge in [-0.15, -0.1) is 13.2 Å². The first-order valence-corrected chi connectivity index (χ1v) is 13.0. The molecule has 0 aliphatic rings. The van der Waals surface area contributed by atoms with Crippen molar-refractivity contribution in [3.63, 3.8) is 0 Å². The highest BCUT2D eigenvalue weighted by Crippen LogP contribution is 2.16. The van der Waals surface area contributed by atoms with E-state index in [1.165, 1.54) is 0 Å². The van der Waals surface area contributed by atoms with Crippen LogP contribution in [0.15, 0.2) is 86.0 Å². The SMILES string of the molecule is C=CC[C@H](CC(=O)N[C@H](CO)Cc1ccccc1)C(=O)NC[C@H](C)OC(=O)[C@@H](CC=C)Cc1ccccc1. The lowest BCUT2D eigenvalue weighted by atomic mass is 9.96. The van der Waals surface area contributed by atoms with Gasteiger partial charge in [-0.05, 0) is 43.7 Å². The fraction of sp³-hybridized carbons (Fsp3) is 0.387. The first-order chi connectivity index (χ1) is 18.4. The summed E-state index contributed by atoms with van der Waals surface area (Å²) < 4.78 is 5.60. The predicted molar refractivity (Wildman–Crippen MR) is 149 cm³/mol. The zero-order valence-electron chi connectivity index (χ0n) is 22.2. The maximum Gasteiger partial charge on any atom is 0.309 e. The van der Waals surface area contributed by atoms with Gasteiger partial charge in [0.1, 0.15) is 6.10 Å². The average Bonchev–Trinajstić information content (AvgIpc) is 2.92. The molecule has 2 amide bonds. The van der Waals surface area contributed by atoms with E-state index in [2.05, 4.69) is 23.8 Å². The second kappa shape index (κ2) is 16.9. The molecule has 0 fully saturated rings. The van der Waals surface area contributed by atoms with Crippen molar-refractivity contribution in [3.05, 3.63) is 97.1 Å². The molecule has 2 aromatic rings. The Morgan fingerprint density at radius 1 is 0.895 bits per heavy atom. The highest BCUT2D eigenvalue weighted by Gasteiger charge is 2.25. The fourth-order valence-corrected chi connectivity index (χ4v) is 4.14. The first kappa shape index (κ1) is 30.5. The Morgan fingerprint density at radius 2 is 1.45 bits per heavy atom. The van der Waals surface area contributed by atoms with Crippen molar-refractivity contribution < 1.29 is 24.2 Å². The maximum atomic E-state index is 12.8. The van der Waals surface area contributed by atoms with Crippen LogP contribution in [0.25, 0.3) is 0 Å². The number of aliphatic hydroxyl groups is 1. The molecule has 38 heavy (non-hydrogen) atoms. The summed E-state index contributed by atoms with van der Waals surface area (Å²) in [6.45, 7) is 9.08. The number of hydrogen-bond donors (Lipinski definition) is 3. The van der Waals surface area contributed by atoms with E-state index in [1.807, 2.05) is 60.7 Å². The maximum absolute atomic E-state index is 12.8. The third-order valence-corrected chi connectivity index (χ3v) is 6.15. The van der Waals surface area contributed by atoms with Crippen LogP contribution in [0.2, 0.25) is 0 Å². The number of ether oxygens (including phenoxy) is 1. The molecule has 0 aliphatic heterocycles. The lowest BCUT2D eigenvalue weighted by Crippen LogP contribution is -2.42.